The quantitative estimate of drug-likeness (QED) is 0.400. The fourth-order valence-corrected chi connectivity index (χ4v) is 3.99. The summed E-state index contributed by atoms with van der Waals surface area (Å²) in [5.41, 5.74) is 2.53. The molecule has 1 aromatic carbocycles. The monoisotopic (exact) mass is 472 g/mol. The molecule has 3 saturated heterocycles. The molecule has 3 aliphatic heterocycles. The molecule has 3 unspecified atom stereocenters. The van der Waals surface area contributed by atoms with Crippen LogP contribution in [-0.2, 0) is 16.0 Å². The lowest BCUT2D eigenvalue weighted by Gasteiger charge is -2.29. The van der Waals surface area contributed by atoms with Gasteiger partial charge in [0.15, 0.2) is 5.96 Å². The van der Waals surface area contributed by atoms with E-state index in [1.54, 1.807) is 0 Å². The van der Waals surface area contributed by atoms with Crippen molar-refractivity contribution in [1.29, 1.82) is 0 Å². The maximum atomic E-state index is 5.90. The van der Waals surface area contributed by atoms with Crippen molar-refractivity contribution in [3.8, 4) is 0 Å². The zero-order chi connectivity index (χ0) is 17.1. The van der Waals surface area contributed by atoms with Crippen LogP contribution in [0.2, 0.25) is 0 Å². The van der Waals surface area contributed by atoms with Gasteiger partial charge in [0, 0.05) is 32.4 Å². The Kier molecular flexibility index (Phi) is 6.99. The number of ether oxygens (including phenoxy) is 2. The molecule has 0 aromatic heterocycles. The average molecular weight is 472 g/mol. The molecular formula is C19H29IN4O2. The van der Waals surface area contributed by atoms with E-state index >= 15 is 0 Å². The Hall–Kier alpha value is -1.06. The second-order valence-corrected chi connectivity index (χ2v) is 7.05. The molecule has 3 heterocycles. The molecule has 0 spiro atoms. The highest BCUT2D eigenvalue weighted by atomic mass is 127. The summed E-state index contributed by atoms with van der Waals surface area (Å²) >= 11 is 0. The van der Waals surface area contributed by atoms with Gasteiger partial charge in [0.05, 0.1) is 31.5 Å². The number of hydrogen-bond donors (Lipinski definition) is 2. The maximum Gasteiger partial charge on any atom is 0.191 e. The third-order valence-electron chi connectivity index (χ3n) is 5.42. The maximum absolute atomic E-state index is 5.90. The van der Waals surface area contributed by atoms with Crippen molar-refractivity contribution < 1.29 is 9.47 Å². The fraction of sp³-hybridized carbons (Fsp3) is 0.632. The second kappa shape index (κ2) is 9.23. The molecule has 4 rings (SSSR count). The highest BCUT2D eigenvalue weighted by Gasteiger charge is 2.41. The summed E-state index contributed by atoms with van der Waals surface area (Å²) in [4.78, 5) is 6.73. The van der Waals surface area contributed by atoms with E-state index in [0.717, 1.165) is 45.2 Å². The standard InChI is InChI=1S/C19H28N4O2.HI/c1-20-19(22-17-12-16-6-7-18(17)25-16)21-13-14-2-4-15(5-3-14)23-8-10-24-11-9-23;/h2-5,16-18H,6-13H2,1H3,(H2,20,21,22);1H. The third-order valence-corrected chi connectivity index (χ3v) is 5.42. The Morgan fingerprint density at radius 1 is 1.19 bits per heavy atom. The lowest BCUT2D eigenvalue weighted by atomic mass is 9.96. The molecule has 144 valence electrons. The molecule has 3 atom stereocenters. The van der Waals surface area contributed by atoms with E-state index < -0.39 is 0 Å². The Balaban J connectivity index is 0.00000196. The Morgan fingerprint density at radius 3 is 2.58 bits per heavy atom. The Bertz CT molecular complexity index is 604. The topological polar surface area (TPSA) is 58.1 Å². The van der Waals surface area contributed by atoms with E-state index in [4.69, 9.17) is 9.47 Å². The van der Waals surface area contributed by atoms with Gasteiger partial charge in [0.1, 0.15) is 0 Å². The van der Waals surface area contributed by atoms with Crippen LogP contribution in [0.5, 0.6) is 0 Å². The van der Waals surface area contributed by atoms with E-state index in [2.05, 4.69) is 44.8 Å². The number of morpholine rings is 1. The van der Waals surface area contributed by atoms with Gasteiger partial charge in [-0.1, -0.05) is 12.1 Å². The van der Waals surface area contributed by atoms with Gasteiger partial charge < -0.3 is 25.0 Å². The predicted molar refractivity (Wildman–Crippen MR) is 115 cm³/mol. The van der Waals surface area contributed by atoms with Gasteiger partial charge in [0.2, 0.25) is 0 Å². The normalized spacial score (nSPS) is 28.0. The first-order chi connectivity index (χ1) is 12.3. The number of rotatable bonds is 4. The first-order valence-corrected chi connectivity index (χ1v) is 9.36. The van der Waals surface area contributed by atoms with Crippen molar-refractivity contribution >= 4 is 35.6 Å². The highest BCUT2D eigenvalue weighted by Crippen LogP contribution is 2.34. The predicted octanol–water partition coefficient (Wildman–Crippen LogP) is 2.13. The Morgan fingerprint density at radius 2 is 1.96 bits per heavy atom. The van der Waals surface area contributed by atoms with Gasteiger partial charge in [-0.15, -0.1) is 24.0 Å². The van der Waals surface area contributed by atoms with Crippen LogP contribution in [0.3, 0.4) is 0 Å². The molecule has 3 fully saturated rings. The van der Waals surface area contributed by atoms with Crippen molar-refractivity contribution in [3.63, 3.8) is 0 Å². The molecular weight excluding hydrogens is 443 g/mol. The lowest BCUT2D eigenvalue weighted by molar-refractivity contribution is 0.0992. The summed E-state index contributed by atoms with van der Waals surface area (Å²) in [7, 11) is 1.82. The van der Waals surface area contributed by atoms with Crippen LogP contribution >= 0.6 is 24.0 Å². The van der Waals surface area contributed by atoms with Crippen LogP contribution in [0.1, 0.15) is 24.8 Å². The molecule has 0 aliphatic carbocycles. The summed E-state index contributed by atoms with van der Waals surface area (Å²) in [5, 5.41) is 6.94. The summed E-state index contributed by atoms with van der Waals surface area (Å²) in [5.74, 6) is 0.860. The Labute approximate surface area is 172 Å². The van der Waals surface area contributed by atoms with E-state index in [-0.39, 0.29) is 24.0 Å². The lowest BCUT2D eigenvalue weighted by Crippen LogP contribution is -2.47. The summed E-state index contributed by atoms with van der Waals surface area (Å²) in [6.07, 6.45) is 4.29. The minimum Gasteiger partial charge on any atom is -0.378 e. The number of anilines is 1. The first kappa shape index (κ1) is 19.7. The van der Waals surface area contributed by atoms with Crippen LogP contribution in [-0.4, -0.2) is 57.6 Å². The van der Waals surface area contributed by atoms with Crippen molar-refractivity contribution in [2.45, 2.75) is 44.1 Å². The zero-order valence-electron chi connectivity index (χ0n) is 15.3. The molecule has 26 heavy (non-hydrogen) atoms. The minimum atomic E-state index is 0. The highest BCUT2D eigenvalue weighted by molar-refractivity contribution is 14.0. The van der Waals surface area contributed by atoms with Gasteiger partial charge in [-0.25, -0.2) is 0 Å². The van der Waals surface area contributed by atoms with Gasteiger partial charge >= 0.3 is 0 Å². The van der Waals surface area contributed by atoms with Crippen molar-refractivity contribution in [3.05, 3.63) is 29.8 Å². The molecule has 3 aliphatic rings. The van der Waals surface area contributed by atoms with Gasteiger partial charge in [-0.3, -0.25) is 4.99 Å². The van der Waals surface area contributed by atoms with Gasteiger partial charge in [0.25, 0.3) is 0 Å². The fourth-order valence-electron chi connectivity index (χ4n) is 3.99. The number of benzene rings is 1. The van der Waals surface area contributed by atoms with E-state index in [9.17, 15) is 0 Å². The first-order valence-electron chi connectivity index (χ1n) is 9.36. The SMILES string of the molecule is CN=C(NCc1ccc(N2CCOCC2)cc1)NC1CC2CCC1O2.I. The van der Waals surface area contributed by atoms with Crippen LogP contribution in [0, 0.1) is 0 Å². The van der Waals surface area contributed by atoms with Crippen LogP contribution in [0.4, 0.5) is 5.69 Å². The largest absolute Gasteiger partial charge is 0.378 e. The molecule has 6 nitrogen and oxygen atoms in total. The average Bonchev–Trinajstić information content (AvgIpc) is 3.29. The zero-order valence-corrected chi connectivity index (χ0v) is 17.6. The van der Waals surface area contributed by atoms with E-state index in [1.165, 1.54) is 24.1 Å². The molecule has 0 radical (unpaired) electrons. The summed E-state index contributed by atoms with van der Waals surface area (Å²) < 4.78 is 11.3. The number of nitrogens with zero attached hydrogens (tertiary/aromatic N) is 2. The van der Waals surface area contributed by atoms with Gasteiger partial charge in [-0.05, 0) is 37.0 Å². The summed E-state index contributed by atoms with van der Waals surface area (Å²) in [6, 6.07) is 9.16. The number of nitrogens with one attached hydrogen (secondary N) is 2. The molecule has 0 saturated carbocycles. The smallest absolute Gasteiger partial charge is 0.191 e. The molecule has 2 N–H and O–H groups in total. The molecule has 1 aromatic rings. The van der Waals surface area contributed by atoms with Crippen molar-refractivity contribution in [2.24, 2.45) is 4.99 Å². The number of aliphatic imine (C=N–C) groups is 1. The summed E-state index contributed by atoms with van der Waals surface area (Å²) in [6.45, 7) is 4.35. The van der Waals surface area contributed by atoms with Crippen LogP contribution in [0.15, 0.2) is 29.3 Å². The number of hydrogen-bond acceptors (Lipinski definition) is 4. The molecule has 2 bridgehead atoms. The van der Waals surface area contributed by atoms with E-state index in [1.807, 2.05) is 7.05 Å². The molecule has 0 amide bonds. The van der Waals surface area contributed by atoms with Crippen LogP contribution < -0.4 is 15.5 Å². The number of halogens is 1. The van der Waals surface area contributed by atoms with Crippen molar-refractivity contribution in [2.75, 3.05) is 38.3 Å². The second-order valence-electron chi connectivity index (χ2n) is 7.05. The van der Waals surface area contributed by atoms with E-state index in [0.29, 0.717) is 18.2 Å². The third kappa shape index (κ3) is 4.61. The number of fused-ring (bicyclic) bond motifs is 2. The van der Waals surface area contributed by atoms with Crippen molar-refractivity contribution in [1.82, 2.24) is 10.6 Å². The van der Waals surface area contributed by atoms with Gasteiger partial charge in [-0.2, -0.15) is 0 Å². The van der Waals surface area contributed by atoms with Crippen LogP contribution in [0.25, 0.3) is 0 Å². The number of guanidine groups is 1. The minimum absolute atomic E-state index is 0. The molecule has 7 heteroatoms.